The van der Waals surface area contributed by atoms with Crippen LogP contribution in [0.15, 0.2) is 4.47 Å². The number of hydrogen-bond acceptors (Lipinski definition) is 3. The van der Waals surface area contributed by atoms with Crippen LogP contribution in [0, 0.1) is 4.64 Å². The zero-order chi connectivity index (χ0) is 12.8. The highest BCUT2D eigenvalue weighted by Gasteiger charge is 2.07. The van der Waals surface area contributed by atoms with Crippen LogP contribution in [-0.4, -0.2) is 15.2 Å². The number of thioether (sulfide) groups is 1. The first-order valence-corrected chi connectivity index (χ1v) is 8.22. The van der Waals surface area contributed by atoms with E-state index in [1.165, 1.54) is 12.1 Å². The number of H-pyrrole nitrogens is 1. The first-order chi connectivity index (χ1) is 8.08. The average Bonchev–Trinajstić information content (AvgIpc) is 2.32. The average molecular weight is 335 g/mol. The first-order valence-electron chi connectivity index (χ1n) is 5.97. The molecule has 2 nitrogen and oxygen atoms in total. The van der Waals surface area contributed by atoms with Gasteiger partial charge in [-0.1, -0.05) is 39.4 Å². The summed E-state index contributed by atoms with van der Waals surface area (Å²) in [6, 6.07) is 0. The highest BCUT2D eigenvalue weighted by molar-refractivity contribution is 9.10. The topological polar surface area (TPSA) is 28.7 Å². The summed E-state index contributed by atoms with van der Waals surface area (Å²) in [6.07, 6.45) is 3.29. The molecule has 1 aromatic heterocycles. The molecule has 5 heteroatoms. The molecule has 0 radical (unpaired) electrons. The number of rotatable bonds is 6. The number of aromatic amines is 1. The largest absolute Gasteiger partial charge is 0.345 e. The quantitative estimate of drug-likeness (QED) is 0.751. The maximum absolute atomic E-state index is 5.26. The molecule has 0 aliphatic carbocycles. The van der Waals surface area contributed by atoms with Gasteiger partial charge >= 0.3 is 0 Å². The molecular weight excluding hydrogens is 316 g/mol. The lowest BCUT2D eigenvalue weighted by molar-refractivity contribution is 0.839. The van der Waals surface area contributed by atoms with Crippen molar-refractivity contribution < 1.29 is 0 Å². The van der Waals surface area contributed by atoms with E-state index in [1.54, 1.807) is 0 Å². The van der Waals surface area contributed by atoms with E-state index in [0.717, 1.165) is 28.9 Å². The van der Waals surface area contributed by atoms with E-state index >= 15 is 0 Å². The lowest BCUT2D eigenvalue weighted by atomic mass is 10.2. The van der Waals surface area contributed by atoms with E-state index in [4.69, 9.17) is 12.2 Å². The lowest BCUT2D eigenvalue weighted by Gasteiger charge is -2.10. The van der Waals surface area contributed by atoms with Gasteiger partial charge in [0.25, 0.3) is 0 Å². The summed E-state index contributed by atoms with van der Waals surface area (Å²) in [4.78, 5) is 7.80. The van der Waals surface area contributed by atoms with Gasteiger partial charge < -0.3 is 4.98 Å². The molecule has 17 heavy (non-hydrogen) atoms. The molecule has 0 amide bonds. The first kappa shape index (κ1) is 15.2. The Bertz CT molecular complexity index is 417. The van der Waals surface area contributed by atoms with Gasteiger partial charge in [0.05, 0.1) is 10.2 Å². The third kappa shape index (κ3) is 4.72. The number of aromatic nitrogens is 2. The van der Waals surface area contributed by atoms with Crippen molar-refractivity contribution >= 4 is 39.9 Å². The van der Waals surface area contributed by atoms with E-state index in [-0.39, 0.29) is 0 Å². The summed E-state index contributed by atoms with van der Waals surface area (Å²) < 4.78 is 1.62. The lowest BCUT2D eigenvalue weighted by Crippen LogP contribution is -2.02. The smallest absolute Gasteiger partial charge is 0.144 e. The molecule has 1 rings (SSSR count). The fourth-order valence-electron chi connectivity index (χ4n) is 1.39. The van der Waals surface area contributed by atoms with Crippen LogP contribution in [0.2, 0.25) is 0 Å². The Kier molecular flexibility index (Phi) is 6.74. The van der Waals surface area contributed by atoms with Crippen LogP contribution in [0.25, 0.3) is 0 Å². The molecule has 0 saturated carbocycles. The molecule has 1 aromatic rings. The maximum Gasteiger partial charge on any atom is 0.144 e. The van der Waals surface area contributed by atoms with Crippen molar-refractivity contribution in [3.05, 3.63) is 20.6 Å². The Hall–Kier alpha value is 0.130. The van der Waals surface area contributed by atoms with Gasteiger partial charge in [0.2, 0.25) is 0 Å². The van der Waals surface area contributed by atoms with E-state index in [2.05, 4.69) is 46.7 Å². The van der Waals surface area contributed by atoms with Gasteiger partial charge in [-0.05, 0) is 28.8 Å². The van der Waals surface area contributed by atoms with Crippen LogP contribution in [0.5, 0.6) is 0 Å². The molecule has 0 aliphatic heterocycles. The van der Waals surface area contributed by atoms with Crippen LogP contribution >= 0.6 is 39.9 Å². The van der Waals surface area contributed by atoms with Gasteiger partial charge in [-0.2, -0.15) is 11.8 Å². The van der Waals surface area contributed by atoms with Gasteiger partial charge in [0.15, 0.2) is 0 Å². The Balaban J connectivity index is 2.83. The SMILES string of the molecule is CCCc1[nH]c(CSC(C)CC)nc(=S)c1Br. The van der Waals surface area contributed by atoms with Gasteiger partial charge in [-0.25, -0.2) is 4.98 Å². The molecule has 0 aromatic carbocycles. The van der Waals surface area contributed by atoms with Gasteiger partial charge in [0.1, 0.15) is 10.5 Å². The predicted octanol–water partition coefficient (Wildman–Crippen LogP) is 4.89. The summed E-state index contributed by atoms with van der Waals surface area (Å²) in [6.45, 7) is 6.61. The summed E-state index contributed by atoms with van der Waals surface area (Å²) in [5.74, 6) is 1.90. The Morgan fingerprint density at radius 2 is 2.18 bits per heavy atom. The zero-order valence-electron chi connectivity index (χ0n) is 10.5. The molecule has 0 aliphatic rings. The van der Waals surface area contributed by atoms with Crippen molar-refractivity contribution in [2.45, 2.75) is 51.0 Å². The van der Waals surface area contributed by atoms with E-state index in [0.29, 0.717) is 9.89 Å². The van der Waals surface area contributed by atoms with Crippen LogP contribution in [0.3, 0.4) is 0 Å². The Morgan fingerprint density at radius 3 is 2.76 bits per heavy atom. The second-order valence-electron chi connectivity index (χ2n) is 4.06. The molecule has 0 spiro atoms. The van der Waals surface area contributed by atoms with E-state index in [9.17, 15) is 0 Å². The summed E-state index contributed by atoms with van der Waals surface area (Å²) in [5.41, 5.74) is 1.17. The fourth-order valence-corrected chi connectivity index (χ4v) is 2.82. The third-order valence-corrected chi connectivity index (χ3v) is 5.32. The molecule has 1 heterocycles. The highest BCUT2D eigenvalue weighted by Crippen LogP contribution is 2.21. The van der Waals surface area contributed by atoms with Crippen molar-refractivity contribution in [2.75, 3.05) is 0 Å². The van der Waals surface area contributed by atoms with Crippen LogP contribution in [0.1, 0.15) is 45.1 Å². The number of nitrogens with zero attached hydrogens (tertiary/aromatic N) is 1. The second kappa shape index (κ2) is 7.54. The van der Waals surface area contributed by atoms with Crippen LogP contribution < -0.4 is 0 Å². The Labute approximate surface area is 121 Å². The van der Waals surface area contributed by atoms with Gasteiger partial charge in [-0.15, -0.1) is 0 Å². The van der Waals surface area contributed by atoms with Crippen molar-refractivity contribution in [1.82, 2.24) is 9.97 Å². The monoisotopic (exact) mass is 334 g/mol. The number of aryl methyl sites for hydroxylation is 1. The summed E-state index contributed by atoms with van der Waals surface area (Å²) in [5, 5.41) is 0.664. The molecule has 0 fully saturated rings. The normalized spacial score (nSPS) is 12.7. The van der Waals surface area contributed by atoms with E-state index < -0.39 is 0 Å². The van der Waals surface area contributed by atoms with Gasteiger partial charge in [0, 0.05) is 10.9 Å². The molecule has 1 atom stereocenters. The van der Waals surface area contributed by atoms with Crippen molar-refractivity contribution in [1.29, 1.82) is 0 Å². The van der Waals surface area contributed by atoms with Gasteiger partial charge in [-0.3, -0.25) is 0 Å². The fraction of sp³-hybridized carbons (Fsp3) is 0.667. The minimum absolute atomic E-state index is 0.664. The maximum atomic E-state index is 5.26. The van der Waals surface area contributed by atoms with Crippen LogP contribution in [0.4, 0.5) is 0 Å². The molecular formula is C12H19BrN2S2. The zero-order valence-corrected chi connectivity index (χ0v) is 13.8. The van der Waals surface area contributed by atoms with Crippen molar-refractivity contribution in [2.24, 2.45) is 0 Å². The van der Waals surface area contributed by atoms with Crippen LogP contribution in [-0.2, 0) is 12.2 Å². The minimum atomic E-state index is 0.664. The number of nitrogens with one attached hydrogen (secondary N) is 1. The molecule has 1 unspecified atom stereocenters. The second-order valence-corrected chi connectivity index (χ2v) is 6.67. The number of halogens is 1. The Morgan fingerprint density at radius 1 is 1.47 bits per heavy atom. The predicted molar refractivity (Wildman–Crippen MR) is 82.2 cm³/mol. The van der Waals surface area contributed by atoms with Crippen molar-refractivity contribution in [3.8, 4) is 0 Å². The third-order valence-electron chi connectivity index (χ3n) is 2.56. The molecule has 96 valence electrons. The summed E-state index contributed by atoms with van der Waals surface area (Å²) >= 11 is 10.7. The minimum Gasteiger partial charge on any atom is -0.345 e. The number of hydrogen-bond donors (Lipinski definition) is 1. The summed E-state index contributed by atoms with van der Waals surface area (Å²) in [7, 11) is 0. The molecule has 0 saturated heterocycles. The standard InChI is InChI=1S/C12H19BrN2S2/c1-4-6-9-11(13)12(16)15-10(14-9)7-17-8(3)5-2/h8H,4-7H2,1-3H3,(H,14,15,16). The van der Waals surface area contributed by atoms with Crippen molar-refractivity contribution in [3.63, 3.8) is 0 Å². The molecule has 1 N–H and O–H groups in total. The highest BCUT2D eigenvalue weighted by atomic mass is 79.9. The molecule has 0 bridgehead atoms. The van der Waals surface area contributed by atoms with E-state index in [1.807, 2.05) is 11.8 Å².